The van der Waals surface area contributed by atoms with E-state index in [0.29, 0.717) is 18.4 Å². The lowest BCUT2D eigenvalue weighted by Crippen LogP contribution is -2.51. The minimum atomic E-state index is 0.160. The predicted octanol–water partition coefficient (Wildman–Crippen LogP) is 3.55. The van der Waals surface area contributed by atoms with Crippen LogP contribution in [0.5, 0.6) is 5.75 Å². The Morgan fingerprint density at radius 1 is 1.11 bits per heavy atom. The molecule has 138 valence electrons. The van der Waals surface area contributed by atoms with E-state index in [-0.39, 0.29) is 5.91 Å². The summed E-state index contributed by atoms with van der Waals surface area (Å²) in [6, 6.07) is 16.4. The van der Waals surface area contributed by atoms with Gasteiger partial charge in [0.25, 0.3) is 0 Å². The Kier molecular flexibility index (Phi) is 3.88. The number of benzene rings is 2. The van der Waals surface area contributed by atoms with Crippen molar-refractivity contribution in [2.75, 3.05) is 20.2 Å². The van der Waals surface area contributed by atoms with Crippen molar-refractivity contribution in [3.63, 3.8) is 0 Å². The Bertz CT molecular complexity index is 1000. The Balaban J connectivity index is 1.33. The van der Waals surface area contributed by atoms with Crippen LogP contribution < -0.4 is 4.74 Å². The summed E-state index contributed by atoms with van der Waals surface area (Å²) >= 11 is 0. The molecular formula is C22H23N3O2. The molecule has 1 aliphatic heterocycles. The Labute approximate surface area is 158 Å². The number of fused-ring (bicyclic) bond motifs is 1. The number of hydrogen-bond donors (Lipinski definition) is 0. The number of methoxy groups -OCH3 is 1. The molecule has 1 amide bonds. The third kappa shape index (κ3) is 2.87. The average molecular weight is 361 g/mol. The fourth-order valence-corrected chi connectivity index (χ4v) is 4.02. The maximum Gasteiger partial charge on any atom is 0.227 e. The molecule has 0 spiro atoms. The fraction of sp³-hybridized carbons (Fsp3) is 0.364. The van der Waals surface area contributed by atoms with Crippen LogP contribution in [0.25, 0.3) is 11.0 Å². The number of nitrogens with zero attached hydrogens (tertiary/aromatic N) is 3. The molecule has 5 nitrogen and oxygen atoms in total. The molecule has 0 atom stereocenters. The highest BCUT2D eigenvalue weighted by Gasteiger charge is 2.37. The number of ether oxygens (including phenoxy) is 1. The van der Waals surface area contributed by atoms with Gasteiger partial charge in [-0.25, -0.2) is 4.98 Å². The zero-order chi connectivity index (χ0) is 18.4. The van der Waals surface area contributed by atoms with Crippen LogP contribution in [0.2, 0.25) is 0 Å². The van der Waals surface area contributed by atoms with Crippen LogP contribution in [-0.4, -0.2) is 40.6 Å². The molecule has 2 aliphatic rings. The van der Waals surface area contributed by atoms with Crippen molar-refractivity contribution in [3.8, 4) is 5.75 Å². The van der Waals surface area contributed by atoms with Crippen LogP contribution in [0.4, 0.5) is 0 Å². The largest absolute Gasteiger partial charge is 0.496 e. The molecule has 1 aromatic heterocycles. The van der Waals surface area contributed by atoms with Gasteiger partial charge in [-0.1, -0.05) is 30.3 Å². The second-order valence-corrected chi connectivity index (χ2v) is 7.54. The first-order valence-electron chi connectivity index (χ1n) is 9.61. The number of carbonyl (C=O) groups excluding carboxylic acids is 1. The molecule has 2 heterocycles. The van der Waals surface area contributed by atoms with Crippen molar-refractivity contribution in [2.24, 2.45) is 0 Å². The maximum atomic E-state index is 12.7. The van der Waals surface area contributed by atoms with Gasteiger partial charge in [0.05, 0.1) is 30.6 Å². The van der Waals surface area contributed by atoms with Crippen molar-refractivity contribution in [1.29, 1.82) is 0 Å². The zero-order valence-electron chi connectivity index (χ0n) is 15.5. The normalized spacial score (nSPS) is 17.1. The number of para-hydroxylation sites is 3. The van der Waals surface area contributed by atoms with Gasteiger partial charge in [-0.2, -0.15) is 0 Å². The smallest absolute Gasteiger partial charge is 0.227 e. The van der Waals surface area contributed by atoms with Crippen LogP contribution in [0, 0.1) is 0 Å². The quantitative estimate of drug-likeness (QED) is 0.698. The number of rotatable bonds is 5. The summed E-state index contributed by atoms with van der Waals surface area (Å²) < 4.78 is 7.76. The molecule has 2 fully saturated rings. The van der Waals surface area contributed by atoms with Gasteiger partial charge in [-0.05, 0) is 31.0 Å². The first-order chi connectivity index (χ1) is 13.2. The molecule has 1 saturated heterocycles. The van der Waals surface area contributed by atoms with Gasteiger partial charge in [0, 0.05) is 24.6 Å². The van der Waals surface area contributed by atoms with Crippen molar-refractivity contribution in [2.45, 2.75) is 31.2 Å². The summed E-state index contributed by atoms with van der Waals surface area (Å²) in [5, 5.41) is 0. The van der Waals surface area contributed by atoms with Crippen molar-refractivity contribution >= 4 is 16.9 Å². The third-order valence-electron chi connectivity index (χ3n) is 5.68. The lowest BCUT2D eigenvalue weighted by atomic mass is 10.0. The minimum absolute atomic E-state index is 0.160. The third-order valence-corrected chi connectivity index (χ3v) is 5.68. The zero-order valence-corrected chi connectivity index (χ0v) is 15.5. The number of hydrogen-bond acceptors (Lipinski definition) is 3. The van der Waals surface area contributed by atoms with E-state index in [9.17, 15) is 4.79 Å². The summed E-state index contributed by atoms with van der Waals surface area (Å²) in [5.41, 5.74) is 3.21. The van der Waals surface area contributed by atoms with E-state index < -0.39 is 0 Å². The number of imidazole rings is 1. The van der Waals surface area contributed by atoms with E-state index in [1.807, 2.05) is 35.2 Å². The molecule has 5 heteroatoms. The molecular weight excluding hydrogens is 338 g/mol. The molecule has 27 heavy (non-hydrogen) atoms. The summed E-state index contributed by atoms with van der Waals surface area (Å²) in [6.45, 7) is 1.52. The summed E-state index contributed by atoms with van der Waals surface area (Å²) in [6.07, 6.45) is 2.84. The second kappa shape index (κ2) is 6.41. The summed E-state index contributed by atoms with van der Waals surface area (Å²) in [5.74, 6) is 2.74. The minimum Gasteiger partial charge on any atom is -0.496 e. The van der Waals surface area contributed by atoms with E-state index in [1.165, 1.54) is 24.2 Å². The van der Waals surface area contributed by atoms with Gasteiger partial charge in [0.15, 0.2) is 0 Å². The highest BCUT2D eigenvalue weighted by atomic mass is 16.5. The van der Waals surface area contributed by atoms with E-state index in [1.54, 1.807) is 7.11 Å². The Hall–Kier alpha value is -2.82. The monoisotopic (exact) mass is 361 g/mol. The van der Waals surface area contributed by atoms with Crippen LogP contribution >= 0.6 is 0 Å². The molecule has 0 N–H and O–H groups in total. The lowest BCUT2D eigenvalue weighted by molar-refractivity contribution is -0.136. The van der Waals surface area contributed by atoms with Gasteiger partial charge in [0.1, 0.15) is 11.6 Å². The van der Waals surface area contributed by atoms with Crippen LogP contribution in [-0.2, 0) is 11.2 Å². The highest BCUT2D eigenvalue weighted by molar-refractivity contribution is 5.81. The first-order valence-corrected chi connectivity index (χ1v) is 9.61. The first kappa shape index (κ1) is 16.4. The molecule has 0 unspecified atom stereocenters. The number of likely N-dealkylation sites (tertiary alicyclic amines) is 1. The predicted molar refractivity (Wildman–Crippen MR) is 104 cm³/mol. The van der Waals surface area contributed by atoms with E-state index >= 15 is 0 Å². The van der Waals surface area contributed by atoms with Crippen LogP contribution in [0.3, 0.4) is 0 Å². The topological polar surface area (TPSA) is 47.4 Å². The van der Waals surface area contributed by atoms with Gasteiger partial charge >= 0.3 is 0 Å². The molecule has 2 aromatic carbocycles. The maximum absolute atomic E-state index is 12.7. The molecule has 0 radical (unpaired) electrons. The number of aromatic nitrogens is 2. The molecule has 1 aliphatic carbocycles. The second-order valence-electron chi connectivity index (χ2n) is 7.54. The molecule has 3 aromatic rings. The average Bonchev–Trinajstić information content (AvgIpc) is 3.43. The standard InChI is InChI=1S/C22H23N3O2/c1-27-20-9-5-2-6-16(20)12-21(26)24-13-17(14-24)25-19-8-4-3-7-18(19)23-22(25)15-10-11-15/h2-9,15,17H,10-14H2,1H3. The molecule has 1 saturated carbocycles. The molecule has 0 bridgehead atoms. The van der Waals surface area contributed by atoms with Gasteiger partial charge < -0.3 is 14.2 Å². The fourth-order valence-electron chi connectivity index (χ4n) is 4.02. The number of amides is 1. The molecule has 5 rings (SSSR count). The highest BCUT2D eigenvalue weighted by Crippen LogP contribution is 2.43. The van der Waals surface area contributed by atoms with Gasteiger partial charge in [0.2, 0.25) is 5.91 Å². The van der Waals surface area contributed by atoms with E-state index in [2.05, 4.69) is 22.8 Å². The summed E-state index contributed by atoms with van der Waals surface area (Å²) in [4.78, 5) is 19.5. The lowest BCUT2D eigenvalue weighted by Gasteiger charge is -2.41. The van der Waals surface area contributed by atoms with Crippen molar-refractivity contribution in [3.05, 3.63) is 59.9 Å². The van der Waals surface area contributed by atoms with Crippen molar-refractivity contribution < 1.29 is 9.53 Å². The summed E-state index contributed by atoms with van der Waals surface area (Å²) in [7, 11) is 1.65. The Morgan fingerprint density at radius 3 is 2.63 bits per heavy atom. The van der Waals surface area contributed by atoms with Gasteiger partial charge in [-0.15, -0.1) is 0 Å². The van der Waals surface area contributed by atoms with Crippen LogP contribution in [0.1, 0.15) is 36.2 Å². The van der Waals surface area contributed by atoms with Gasteiger partial charge in [-0.3, -0.25) is 4.79 Å². The van der Waals surface area contributed by atoms with E-state index in [4.69, 9.17) is 9.72 Å². The van der Waals surface area contributed by atoms with E-state index in [0.717, 1.165) is 29.9 Å². The SMILES string of the molecule is COc1ccccc1CC(=O)N1CC(n2c(C3CC3)nc3ccccc32)C1. The number of carbonyl (C=O) groups is 1. The van der Waals surface area contributed by atoms with Crippen molar-refractivity contribution in [1.82, 2.24) is 14.5 Å². The van der Waals surface area contributed by atoms with Crippen LogP contribution in [0.15, 0.2) is 48.5 Å². The Morgan fingerprint density at radius 2 is 1.85 bits per heavy atom.